The minimum absolute atomic E-state index is 0.176. The van der Waals surface area contributed by atoms with Crippen molar-refractivity contribution in [1.29, 1.82) is 0 Å². The van der Waals surface area contributed by atoms with Crippen LogP contribution in [-0.2, 0) is 14.3 Å². The highest BCUT2D eigenvalue weighted by Crippen LogP contribution is 2.16. The van der Waals surface area contributed by atoms with Gasteiger partial charge in [-0.15, -0.1) is 0 Å². The quantitative estimate of drug-likeness (QED) is 0.560. The van der Waals surface area contributed by atoms with Gasteiger partial charge in [0.25, 0.3) is 0 Å². The average molecular weight is 221 g/mol. The first kappa shape index (κ1) is 12.4. The van der Waals surface area contributed by atoms with E-state index in [2.05, 4.69) is 9.73 Å². The molecule has 1 unspecified atom stereocenters. The Kier molecular flexibility index (Phi) is 5.22. The Morgan fingerprint density at radius 3 is 2.62 bits per heavy atom. The van der Waals surface area contributed by atoms with Crippen molar-refractivity contribution in [2.75, 3.05) is 20.8 Å². The molecule has 1 rings (SSSR count). The number of nitrogens with zero attached hydrogens (tertiary/aromatic N) is 1. The molecule has 0 N–H and O–H groups in total. The molecule has 0 saturated carbocycles. The first-order valence-electron chi connectivity index (χ1n) is 4.93. The van der Waals surface area contributed by atoms with Gasteiger partial charge in [-0.05, 0) is 5.56 Å². The minimum Gasteiger partial charge on any atom is -0.465 e. The Hall–Kier alpha value is -1.68. The summed E-state index contributed by atoms with van der Waals surface area (Å²) < 4.78 is 9.54. The molecule has 1 aromatic carbocycles. The topological polar surface area (TPSA) is 47.9 Å². The summed E-state index contributed by atoms with van der Waals surface area (Å²) in [4.78, 5) is 15.1. The van der Waals surface area contributed by atoms with Crippen molar-refractivity contribution in [2.24, 2.45) is 4.99 Å². The molecule has 0 aromatic heterocycles. The molecule has 0 fully saturated rings. The lowest BCUT2D eigenvalue weighted by molar-refractivity contribution is -0.132. The third-order valence-electron chi connectivity index (χ3n) is 2.07. The van der Waals surface area contributed by atoms with Gasteiger partial charge in [-0.1, -0.05) is 30.3 Å². The lowest BCUT2D eigenvalue weighted by atomic mass is 10.1. The van der Waals surface area contributed by atoms with E-state index in [0.717, 1.165) is 5.56 Å². The number of aliphatic imine (C=N–C) groups is 1. The number of ether oxygens (including phenoxy) is 2. The van der Waals surface area contributed by atoms with E-state index in [0.29, 0.717) is 6.61 Å². The summed E-state index contributed by atoms with van der Waals surface area (Å²) in [5.74, 6) is -0.461. The van der Waals surface area contributed by atoms with Crippen LogP contribution in [0.1, 0.15) is 11.6 Å². The first-order valence-corrected chi connectivity index (χ1v) is 4.93. The van der Waals surface area contributed by atoms with Crippen LogP contribution in [-0.4, -0.2) is 33.0 Å². The van der Waals surface area contributed by atoms with Crippen LogP contribution >= 0.6 is 0 Å². The fourth-order valence-corrected chi connectivity index (χ4v) is 1.26. The van der Waals surface area contributed by atoms with E-state index in [-0.39, 0.29) is 6.04 Å². The standard InChI is InChI=1S/C12H15NO3/c1-15-9-11(13-8-12(14)16-2)10-6-4-3-5-7-10/h3-8,11H,9H2,1-2H3. The van der Waals surface area contributed by atoms with Gasteiger partial charge < -0.3 is 9.47 Å². The van der Waals surface area contributed by atoms with E-state index in [9.17, 15) is 4.79 Å². The number of benzene rings is 1. The van der Waals surface area contributed by atoms with Crippen LogP contribution in [0.4, 0.5) is 0 Å². The van der Waals surface area contributed by atoms with Gasteiger partial charge in [0, 0.05) is 7.11 Å². The van der Waals surface area contributed by atoms with Gasteiger partial charge >= 0.3 is 5.97 Å². The zero-order valence-electron chi connectivity index (χ0n) is 9.42. The molecule has 4 nitrogen and oxygen atoms in total. The molecule has 0 aliphatic carbocycles. The number of hydrogen-bond acceptors (Lipinski definition) is 4. The highest BCUT2D eigenvalue weighted by molar-refractivity contribution is 6.23. The van der Waals surface area contributed by atoms with Crippen LogP contribution in [0.25, 0.3) is 0 Å². The minimum atomic E-state index is -0.461. The van der Waals surface area contributed by atoms with Gasteiger partial charge in [-0.2, -0.15) is 0 Å². The zero-order valence-corrected chi connectivity index (χ0v) is 9.42. The molecule has 0 radical (unpaired) electrons. The number of carbonyl (C=O) groups excluding carboxylic acids is 1. The Balaban J connectivity index is 2.76. The van der Waals surface area contributed by atoms with Crippen molar-refractivity contribution in [2.45, 2.75) is 6.04 Å². The predicted molar refractivity (Wildman–Crippen MR) is 61.6 cm³/mol. The van der Waals surface area contributed by atoms with Crippen LogP contribution in [0.15, 0.2) is 35.3 Å². The van der Waals surface area contributed by atoms with E-state index < -0.39 is 5.97 Å². The second-order valence-corrected chi connectivity index (χ2v) is 3.18. The molecule has 0 aliphatic rings. The van der Waals surface area contributed by atoms with Crippen LogP contribution in [0, 0.1) is 0 Å². The number of rotatable bonds is 5. The molecule has 4 heteroatoms. The molecule has 0 amide bonds. The number of carbonyl (C=O) groups is 1. The highest BCUT2D eigenvalue weighted by atomic mass is 16.5. The van der Waals surface area contributed by atoms with E-state index in [1.54, 1.807) is 7.11 Å². The van der Waals surface area contributed by atoms with Gasteiger partial charge in [0.1, 0.15) is 6.21 Å². The molecule has 0 saturated heterocycles. The lowest BCUT2D eigenvalue weighted by Gasteiger charge is -2.10. The summed E-state index contributed by atoms with van der Waals surface area (Å²) >= 11 is 0. The van der Waals surface area contributed by atoms with Gasteiger partial charge in [0.2, 0.25) is 0 Å². The molecule has 1 aromatic rings. The summed E-state index contributed by atoms with van der Waals surface area (Å²) in [6, 6.07) is 9.48. The van der Waals surface area contributed by atoms with Gasteiger partial charge in [-0.25, -0.2) is 4.79 Å². The lowest BCUT2D eigenvalue weighted by Crippen LogP contribution is -2.07. The maximum Gasteiger partial charge on any atom is 0.348 e. The highest BCUT2D eigenvalue weighted by Gasteiger charge is 2.08. The van der Waals surface area contributed by atoms with Crippen LogP contribution in [0.5, 0.6) is 0 Å². The molecule has 0 spiro atoms. The van der Waals surface area contributed by atoms with E-state index in [4.69, 9.17) is 4.74 Å². The van der Waals surface area contributed by atoms with Gasteiger partial charge in [0.15, 0.2) is 0 Å². The summed E-state index contributed by atoms with van der Waals surface area (Å²) in [6.07, 6.45) is 1.18. The molecule has 0 aliphatic heterocycles. The Morgan fingerprint density at radius 2 is 2.06 bits per heavy atom. The maximum absolute atomic E-state index is 10.9. The largest absolute Gasteiger partial charge is 0.465 e. The number of hydrogen-bond donors (Lipinski definition) is 0. The van der Waals surface area contributed by atoms with Crippen molar-refractivity contribution in [3.63, 3.8) is 0 Å². The summed E-state index contributed by atoms with van der Waals surface area (Å²) in [5, 5.41) is 0. The summed E-state index contributed by atoms with van der Waals surface area (Å²) in [5.41, 5.74) is 1.00. The normalized spacial score (nSPS) is 12.6. The Morgan fingerprint density at radius 1 is 1.38 bits per heavy atom. The molecule has 0 heterocycles. The first-order chi connectivity index (χ1) is 7.77. The molecular weight excluding hydrogens is 206 g/mol. The third kappa shape index (κ3) is 3.82. The van der Waals surface area contributed by atoms with Crippen LogP contribution in [0.2, 0.25) is 0 Å². The molecule has 86 valence electrons. The van der Waals surface area contributed by atoms with E-state index in [1.165, 1.54) is 13.3 Å². The summed E-state index contributed by atoms with van der Waals surface area (Å²) in [6.45, 7) is 0.428. The van der Waals surface area contributed by atoms with Gasteiger partial charge in [0.05, 0.1) is 19.8 Å². The fraction of sp³-hybridized carbons (Fsp3) is 0.333. The summed E-state index contributed by atoms with van der Waals surface area (Å²) in [7, 11) is 2.92. The van der Waals surface area contributed by atoms with Crippen molar-refractivity contribution in [3.05, 3.63) is 35.9 Å². The monoisotopic (exact) mass is 221 g/mol. The van der Waals surface area contributed by atoms with Crippen LogP contribution in [0.3, 0.4) is 0 Å². The number of esters is 1. The molecular formula is C12H15NO3. The smallest absolute Gasteiger partial charge is 0.348 e. The number of methoxy groups -OCH3 is 2. The van der Waals surface area contributed by atoms with Crippen molar-refractivity contribution in [1.82, 2.24) is 0 Å². The average Bonchev–Trinajstić information content (AvgIpc) is 2.35. The molecule has 16 heavy (non-hydrogen) atoms. The van der Waals surface area contributed by atoms with Crippen molar-refractivity contribution in [3.8, 4) is 0 Å². The SMILES string of the molecule is COCC(N=CC(=O)OC)c1ccccc1. The predicted octanol–water partition coefficient (Wildman–Crippen LogP) is 1.62. The second-order valence-electron chi connectivity index (χ2n) is 3.18. The Bertz CT molecular complexity index is 349. The second kappa shape index (κ2) is 6.74. The van der Waals surface area contributed by atoms with Gasteiger partial charge in [-0.3, -0.25) is 4.99 Å². The third-order valence-corrected chi connectivity index (χ3v) is 2.07. The molecule has 1 atom stereocenters. The van der Waals surface area contributed by atoms with Crippen LogP contribution < -0.4 is 0 Å². The van der Waals surface area contributed by atoms with Crippen molar-refractivity contribution >= 4 is 12.2 Å². The van der Waals surface area contributed by atoms with E-state index >= 15 is 0 Å². The molecule has 0 bridgehead atoms. The van der Waals surface area contributed by atoms with E-state index in [1.807, 2.05) is 30.3 Å². The maximum atomic E-state index is 10.9. The Labute approximate surface area is 94.9 Å². The zero-order chi connectivity index (χ0) is 11.8. The fourth-order valence-electron chi connectivity index (χ4n) is 1.26. The van der Waals surface area contributed by atoms with Crippen molar-refractivity contribution < 1.29 is 14.3 Å².